The first-order chi connectivity index (χ1) is 6.79. The van der Waals surface area contributed by atoms with Gasteiger partial charge in [0.1, 0.15) is 0 Å². The molecule has 0 saturated carbocycles. The molecule has 0 aliphatic rings. The molecule has 0 aliphatic carbocycles. The molecule has 0 atom stereocenters. The second-order valence-electron chi connectivity index (χ2n) is 5.12. The molecule has 82 valence electrons. The maximum absolute atomic E-state index is 4.55. The SMILES string of the molecule is CC(=C[Si](C)(C)C)c1cnc(C)c(C)n1. The minimum Gasteiger partial charge on any atom is -0.257 e. The van der Waals surface area contributed by atoms with Gasteiger partial charge in [-0.3, -0.25) is 4.98 Å². The molecule has 0 unspecified atom stereocenters. The van der Waals surface area contributed by atoms with Gasteiger partial charge in [-0.15, -0.1) is 0 Å². The average molecular weight is 220 g/mol. The number of allylic oxidation sites excluding steroid dienone is 1. The fourth-order valence-electron chi connectivity index (χ4n) is 1.46. The molecular weight excluding hydrogens is 200 g/mol. The highest BCUT2D eigenvalue weighted by Crippen LogP contribution is 2.16. The van der Waals surface area contributed by atoms with Crippen LogP contribution in [0.25, 0.3) is 5.57 Å². The number of rotatable bonds is 2. The van der Waals surface area contributed by atoms with Crippen LogP contribution in [0.4, 0.5) is 0 Å². The normalized spacial score (nSPS) is 13.1. The van der Waals surface area contributed by atoms with Crippen LogP contribution in [-0.2, 0) is 0 Å². The third kappa shape index (κ3) is 3.59. The molecule has 2 nitrogen and oxygen atoms in total. The predicted molar refractivity (Wildman–Crippen MR) is 68.5 cm³/mol. The lowest BCUT2D eigenvalue weighted by Gasteiger charge is -2.12. The summed E-state index contributed by atoms with van der Waals surface area (Å²) in [4.78, 5) is 8.89. The molecular formula is C12H20N2Si. The van der Waals surface area contributed by atoms with E-state index in [9.17, 15) is 0 Å². The second-order valence-corrected chi connectivity index (χ2v) is 10.1. The molecule has 0 saturated heterocycles. The molecule has 0 radical (unpaired) electrons. The average Bonchev–Trinajstić information content (AvgIpc) is 2.06. The van der Waals surface area contributed by atoms with E-state index in [1.807, 2.05) is 20.0 Å². The van der Waals surface area contributed by atoms with Gasteiger partial charge in [0, 0.05) is 0 Å². The molecule has 0 aliphatic heterocycles. The number of aromatic nitrogens is 2. The Bertz CT molecular complexity index is 389. The number of hydrogen-bond acceptors (Lipinski definition) is 2. The zero-order valence-corrected chi connectivity index (χ0v) is 11.5. The van der Waals surface area contributed by atoms with Gasteiger partial charge in [-0.1, -0.05) is 25.3 Å². The van der Waals surface area contributed by atoms with Crippen molar-refractivity contribution in [2.24, 2.45) is 0 Å². The van der Waals surface area contributed by atoms with E-state index in [2.05, 4.69) is 42.2 Å². The standard InChI is InChI=1S/C12H20N2Si/c1-9(8-15(4,5)6)12-7-13-10(2)11(3)14-12/h7-8H,1-6H3. The van der Waals surface area contributed by atoms with Gasteiger partial charge in [-0.2, -0.15) is 0 Å². The Morgan fingerprint density at radius 1 is 1.20 bits per heavy atom. The van der Waals surface area contributed by atoms with E-state index >= 15 is 0 Å². The summed E-state index contributed by atoms with van der Waals surface area (Å²) in [7, 11) is -1.16. The predicted octanol–water partition coefficient (Wildman–Crippen LogP) is 3.37. The summed E-state index contributed by atoms with van der Waals surface area (Å²) >= 11 is 0. The number of aryl methyl sites for hydroxylation is 2. The lowest BCUT2D eigenvalue weighted by atomic mass is 10.2. The van der Waals surface area contributed by atoms with Crippen molar-refractivity contribution in [3.05, 3.63) is 29.0 Å². The third-order valence-electron chi connectivity index (χ3n) is 2.25. The molecule has 1 aromatic heterocycles. The lowest BCUT2D eigenvalue weighted by molar-refractivity contribution is 1.03. The molecule has 0 N–H and O–H groups in total. The maximum atomic E-state index is 4.55. The van der Waals surface area contributed by atoms with Gasteiger partial charge in [-0.05, 0) is 26.3 Å². The molecule has 1 aromatic rings. The summed E-state index contributed by atoms with van der Waals surface area (Å²) in [5, 5.41) is 0. The van der Waals surface area contributed by atoms with Crippen LogP contribution in [0.5, 0.6) is 0 Å². The number of nitrogens with zero attached hydrogens (tertiary/aromatic N) is 2. The lowest BCUT2D eigenvalue weighted by Crippen LogP contribution is -2.16. The van der Waals surface area contributed by atoms with Crippen molar-refractivity contribution in [1.82, 2.24) is 9.97 Å². The van der Waals surface area contributed by atoms with Crippen molar-refractivity contribution < 1.29 is 0 Å². The van der Waals surface area contributed by atoms with Gasteiger partial charge in [-0.25, -0.2) is 4.98 Å². The van der Waals surface area contributed by atoms with Crippen LogP contribution in [0.3, 0.4) is 0 Å². The fourth-order valence-corrected chi connectivity index (χ4v) is 2.90. The van der Waals surface area contributed by atoms with Gasteiger partial charge >= 0.3 is 0 Å². The largest absolute Gasteiger partial charge is 0.257 e. The summed E-state index contributed by atoms with van der Waals surface area (Å²) in [6.45, 7) is 13.1. The van der Waals surface area contributed by atoms with Crippen molar-refractivity contribution in [3.63, 3.8) is 0 Å². The molecule has 3 heteroatoms. The Hall–Kier alpha value is -0.963. The fraction of sp³-hybridized carbons (Fsp3) is 0.500. The summed E-state index contributed by atoms with van der Waals surface area (Å²) in [5.74, 6) is 0. The van der Waals surface area contributed by atoms with E-state index in [0.717, 1.165) is 17.1 Å². The molecule has 1 heterocycles. The molecule has 0 fully saturated rings. The van der Waals surface area contributed by atoms with Gasteiger partial charge in [0.25, 0.3) is 0 Å². The molecule has 0 amide bonds. The molecule has 15 heavy (non-hydrogen) atoms. The van der Waals surface area contributed by atoms with E-state index in [-0.39, 0.29) is 0 Å². The zero-order chi connectivity index (χ0) is 11.6. The third-order valence-corrected chi connectivity index (χ3v) is 3.54. The highest BCUT2D eigenvalue weighted by molar-refractivity contribution is 6.81. The Morgan fingerprint density at radius 2 is 1.80 bits per heavy atom. The van der Waals surface area contributed by atoms with Crippen LogP contribution in [0, 0.1) is 13.8 Å². The Kier molecular flexibility index (Phi) is 3.45. The first-order valence-corrected chi connectivity index (χ1v) is 8.87. The molecule has 0 aromatic carbocycles. The summed E-state index contributed by atoms with van der Waals surface area (Å²) < 4.78 is 0. The van der Waals surface area contributed by atoms with E-state index in [1.54, 1.807) is 0 Å². The van der Waals surface area contributed by atoms with Gasteiger partial charge in [0.2, 0.25) is 0 Å². The van der Waals surface area contributed by atoms with Crippen LogP contribution in [0.1, 0.15) is 24.0 Å². The van der Waals surface area contributed by atoms with Crippen molar-refractivity contribution in [3.8, 4) is 0 Å². The first-order valence-electron chi connectivity index (χ1n) is 5.30. The molecule has 0 bridgehead atoms. The maximum Gasteiger partial charge on any atom is 0.0838 e. The first kappa shape index (κ1) is 12.1. The second kappa shape index (κ2) is 4.27. The van der Waals surface area contributed by atoms with Crippen molar-refractivity contribution in [2.75, 3.05) is 0 Å². The molecule has 1 rings (SSSR count). The van der Waals surface area contributed by atoms with Crippen LogP contribution < -0.4 is 0 Å². The smallest absolute Gasteiger partial charge is 0.0838 e. The van der Waals surface area contributed by atoms with E-state index in [0.29, 0.717) is 0 Å². The monoisotopic (exact) mass is 220 g/mol. The minimum absolute atomic E-state index is 1.01. The molecule has 0 spiro atoms. The van der Waals surface area contributed by atoms with Crippen molar-refractivity contribution in [2.45, 2.75) is 40.4 Å². The van der Waals surface area contributed by atoms with Gasteiger partial charge in [0.05, 0.1) is 31.4 Å². The highest BCUT2D eigenvalue weighted by Gasteiger charge is 2.11. The summed E-state index contributed by atoms with van der Waals surface area (Å²) in [6, 6.07) is 0. The number of hydrogen-bond donors (Lipinski definition) is 0. The topological polar surface area (TPSA) is 25.8 Å². The summed E-state index contributed by atoms with van der Waals surface area (Å²) in [5.41, 5.74) is 6.67. The highest BCUT2D eigenvalue weighted by atomic mass is 28.3. The van der Waals surface area contributed by atoms with Crippen LogP contribution in [0.15, 0.2) is 11.9 Å². The van der Waals surface area contributed by atoms with Gasteiger partial charge in [0.15, 0.2) is 0 Å². The Balaban J connectivity index is 3.07. The minimum atomic E-state index is -1.16. The van der Waals surface area contributed by atoms with E-state index in [1.165, 1.54) is 5.57 Å². The van der Waals surface area contributed by atoms with E-state index < -0.39 is 8.07 Å². The van der Waals surface area contributed by atoms with Crippen LogP contribution in [0.2, 0.25) is 19.6 Å². The Labute approximate surface area is 93.5 Å². The summed E-state index contributed by atoms with van der Waals surface area (Å²) in [6.07, 6.45) is 1.87. The van der Waals surface area contributed by atoms with Gasteiger partial charge < -0.3 is 0 Å². The van der Waals surface area contributed by atoms with Crippen LogP contribution >= 0.6 is 0 Å². The van der Waals surface area contributed by atoms with Crippen molar-refractivity contribution >= 4 is 13.6 Å². The van der Waals surface area contributed by atoms with Crippen LogP contribution in [-0.4, -0.2) is 18.0 Å². The Morgan fingerprint density at radius 3 is 2.27 bits per heavy atom. The quantitative estimate of drug-likeness (QED) is 0.714. The van der Waals surface area contributed by atoms with Crippen molar-refractivity contribution in [1.29, 1.82) is 0 Å². The van der Waals surface area contributed by atoms with E-state index in [4.69, 9.17) is 0 Å². The zero-order valence-electron chi connectivity index (χ0n) is 10.5.